The maximum atomic E-state index is 11.2. The summed E-state index contributed by atoms with van der Waals surface area (Å²) in [6.45, 7) is 7.22. The maximum Gasteiger partial charge on any atom is 0.221 e. The summed E-state index contributed by atoms with van der Waals surface area (Å²) in [5.74, 6) is 2.65. The van der Waals surface area contributed by atoms with E-state index in [4.69, 9.17) is 15.5 Å². The van der Waals surface area contributed by atoms with Crippen molar-refractivity contribution in [3.05, 3.63) is 35.8 Å². The average Bonchev–Trinajstić information content (AvgIpc) is 3.14. The molecule has 1 aromatic carbocycles. The largest absolute Gasteiger partial charge is 0.491 e. The lowest BCUT2D eigenvalue weighted by atomic mass is 10.1. The highest BCUT2D eigenvalue weighted by Gasteiger charge is 2.22. The SMILES string of the molecule is Cc1nc(-c2cn3c(n2)-c2ccc(CC(N)=O)cc2OCC3)n(C(C)C)n1. The summed E-state index contributed by atoms with van der Waals surface area (Å²) < 4.78 is 9.84. The first-order valence-electron chi connectivity index (χ1n) is 8.97. The van der Waals surface area contributed by atoms with Crippen LogP contribution in [0, 0.1) is 6.92 Å². The van der Waals surface area contributed by atoms with E-state index in [-0.39, 0.29) is 18.4 Å². The van der Waals surface area contributed by atoms with Gasteiger partial charge in [-0.05, 0) is 38.5 Å². The van der Waals surface area contributed by atoms with Gasteiger partial charge in [-0.25, -0.2) is 14.6 Å². The minimum atomic E-state index is -0.365. The number of hydrogen-bond acceptors (Lipinski definition) is 5. The minimum Gasteiger partial charge on any atom is -0.491 e. The molecule has 0 spiro atoms. The van der Waals surface area contributed by atoms with Gasteiger partial charge in [0.15, 0.2) is 5.82 Å². The number of carbonyl (C=O) groups is 1. The fourth-order valence-electron chi connectivity index (χ4n) is 3.31. The van der Waals surface area contributed by atoms with Crippen molar-refractivity contribution in [1.82, 2.24) is 24.3 Å². The zero-order valence-corrected chi connectivity index (χ0v) is 15.6. The van der Waals surface area contributed by atoms with E-state index < -0.39 is 0 Å². The highest BCUT2D eigenvalue weighted by Crippen LogP contribution is 2.34. The molecule has 1 aliphatic rings. The minimum absolute atomic E-state index is 0.188. The molecule has 3 aromatic rings. The van der Waals surface area contributed by atoms with Crippen molar-refractivity contribution >= 4 is 5.91 Å². The number of fused-ring (bicyclic) bond motifs is 3. The number of benzene rings is 1. The van der Waals surface area contributed by atoms with Gasteiger partial charge in [-0.1, -0.05) is 6.07 Å². The number of hydrogen-bond donors (Lipinski definition) is 1. The molecule has 0 saturated carbocycles. The van der Waals surface area contributed by atoms with Gasteiger partial charge in [0.1, 0.15) is 29.7 Å². The van der Waals surface area contributed by atoms with Crippen LogP contribution in [0.25, 0.3) is 22.9 Å². The molecule has 0 radical (unpaired) electrons. The second-order valence-corrected chi connectivity index (χ2v) is 6.99. The molecule has 0 aliphatic carbocycles. The van der Waals surface area contributed by atoms with E-state index in [1.165, 1.54) is 0 Å². The number of nitrogens with two attached hydrogens (primary N) is 1. The third-order valence-corrected chi connectivity index (χ3v) is 4.49. The molecule has 4 rings (SSSR count). The van der Waals surface area contributed by atoms with Crippen LogP contribution < -0.4 is 10.5 Å². The standard InChI is InChI=1S/C19H22N6O2/c1-11(2)25-19(21-12(3)23-25)15-10-24-6-7-27-16-8-13(9-17(20)26)4-5-14(16)18(24)22-15/h4-5,8,10-11H,6-7,9H2,1-3H3,(H2,20,26). The van der Waals surface area contributed by atoms with Gasteiger partial charge in [0, 0.05) is 12.2 Å². The predicted molar refractivity (Wildman–Crippen MR) is 100 cm³/mol. The Kier molecular flexibility index (Phi) is 4.18. The molecule has 2 aromatic heterocycles. The lowest BCUT2D eigenvalue weighted by molar-refractivity contribution is -0.117. The molecule has 140 valence electrons. The monoisotopic (exact) mass is 366 g/mol. The molecule has 2 N–H and O–H groups in total. The predicted octanol–water partition coefficient (Wildman–Crippen LogP) is 2.12. The lowest BCUT2D eigenvalue weighted by Gasteiger charge is -2.09. The zero-order chi connectivity index (χ0) is 19.1. The Morgan fingerprint density at radius 1 is 1.30 bits per heavy atom. The maximum absolute atomic E-state index is 11.2. The van der Waals surface area contributed by atoms with E-state index >= 15 is 0 Å². The Morgan fingerprint density at radius 2 is 2.11 bits per heavy atom. The van der Waals surface area contributed by atoms with Gasteiger partial charge < -0.3 is 15.0 Å². The normalized spacial score (nSPS) is 13.0. The van der Waals surface area contributed by atoms with Crippen molar-refractivity contribution in [2.75, 3.05) is 6.61 Å². The molecular weight excluding hydrogens is 344 g/mol. The van der Waals surface area contributed by atoms with Crippen molar-refractivity contribution < 1.29 is 9.53 Å². The van der Waals surface area contributed by atoms with Crippen LogP contribution in [0.2, 0.25) is 0 Å². The molecule has 0 saturated heterocycles. The number of amides is 1. The number of aromatic nitrogens is 5. The average molecular weight is 366 g/mol. The van der Waals surface area contributed by atoms with Crippen LogP contribution in [0.4, 0.5) is 0 Å². The zero-order valence-electron chi connectivity index (χ0n) is 15.6. The van der Waals surface area contributed by atoms with Crippen molar-refractivity contribution in [2.45, 2.75) is 39.8 Å². The molecule has 0 bridgehead atoms. The summed E-state index contributed by atoms with van der Waals surface area (Å²) in [5.41, 5.74) is 7.81. The Morgan fingerprint density at radius 3 is 2.85 bits per heavy atom. The number of imidazole rings is 1. The quantitative estimate of drug-likeness (QED) is 0.762. The topological polar surface area (TPSA) is 101 Å². The molecule has 8 heteroatoms. The fourth-order valence-corrected chi connectivity index (χ4v) is 3.31. The third-order valence-electron chi connectivity index (χ3n) is 4.49. The van der Waals surface area contributed by atoms with Crippen LogP contribution in [0.15, 0.2) is 24.4 Å². The number of nitrogens with zero attached hydrogens (tertiary/aromatic N) is 5. The molecule has 8 nitrogen and oxygen atoms in total. The van der Waals surface area contributed by atoms with Crippen molar-refractivity contribution in [3.63, 3.8) is 0 Å². The van der Waals surface area contributed by atoms with Gasteiger partial charge >= 0.3 is 0 Å². The number of ether oxygens (including phenoxy) is 1. The summed E-state index contributed by atoms with van der Waals surface area (Å²) in [6.07, 6.45) is 2.18. The Bertz CT molecular complexity index is 1020. The number of carbonyl (C=O) groups excluding carboxylic acids is 1. The van der Waals surface area contributed by atoms with E-state index in [0.717, 1.165) is 34.3 Å². The van der Waals surface area contributed by atoms with Gasteiger partial charge in [0.05, 0.1) is 18.5 Å². The van der Waals surface area contributed by atoms with E-state index in [1.807, 2.05) is 36.0 Å². The fraction of sp³-hybridized carbons (Fsp3) is 0.368. The molecular formula is C19H22N6O2. The van der Waals surface area contributed by atoms with Crippen LogP contribution in [-0.2, 0) is 17.8 Å². The molecule has 3 heterocycles. The summed E-state index contributed by atoms with van der Waals surface area (Å²) in [6, 6.07) is 5.87. The van der Waals surface area contributed by atoms with Crippen molar-refractivity contribution in [2.24, 2.45) is 5.73 Å². The van der Waals surface area contributed by atoms with Gasteiger partial charge in [0.25, 0.3) is 0 Å². The Hall–Kier alpha value is -3.16. The number of primary amides is 1. The molecule has 1 aliphatic heterocycles. The van der Waals surface area contributed by atoms with Gasteiger partial charge in [-0.15, -0.1) is 0 Å². The third kappa shape index (κ3) is 3.18. The first-order chi connectivity index (χ1) is 12.9. The van der Waals surface area contributed by atoms with Crippen LogP contribution in [0.3, 0.4) is 0 Å². The Labute approximate surface area is 157 Å². The highest BCUT2D eigenvalue weighted by atomic mass is 16.5. The lowest BCUT2D eigenvalue weighted by Crippen LogP contribution is -2.13. The van der Waals surface area contributed by atoms with Crippen molar-refractivity contribution in [1.29, 1.82) is 0 Å². The summed E-state index contributed by atoms with van der Waals surface area (Å²) in [5, 5.41) is 4.48. The molecule has 1 amide bonds. The van der Waals surface area contributed by atoms with E-state index in [9.17, 15) is 4.79 Å². The van der Waals surface area contributed by atoms with Gasteiger partial charge in [0.2, 0.25) is 5.91 Å². The van der Waals surface area contributed by atoms with E-state index in [1.54, 1.807) is 0 Å². The molecule has 27 heavy (non-hydrogen) atoms. The Balaban J connectivity index is 1.79. The second kappa shape index (κ2) is 6.53. The van der Waals surface area contributed by atoms with E-state index in [2.05, 4.69) is 28.5 Å². The highest BCUT2D eigenvalue weighted by molar-refractivity contribution is 5.77. The molecule has 0 fully saturated rings. The number of rotatable bonds is 4. The van der Waals surface area contributed by atoms with Crippen molar-refractivity contribution in [3.8, 4) is 28.7 Å². The summed E-state index contributed by atoms with van der Waals surface area (Å²) in [4.78, 5) is 20.6. The molecule has 0 atom stereocenters. The smallest absolute Gasteiger partial charge is 0.221 e. The summed E-state index contributed by atoms with van der Waals surface area (Å²) in [7, 11) is 0. The van der Waals surface area contributed by atoms with Crippen LogP contribution in [0.5, 0.6) is 5.75 Å². The summed E-state index contributed by atoms with van der Waals surface area (Å²) >= 11 is 0. The van der Waals surface area contributed by atoms with Gasteiger partial charge in [-0.3, -0.25) is 4.79 Å². The van der Waals surface area contributed by atoms with E-state index in [0.29, 0.717) is 18.9 Å². The van der Waals surface area contributed by atoms with Crippen LogP contribution in [0.1, 0.15) is 31.3 Å². The number of aryl methyl sites for hydroxylation is 1. The molecule has 0 unspecified atom stereocenters. The first-order valence-corrected chi connectivity index (χ1v) is 8.97. The van der Waals surface area contributed by atoms with Crippen LogP contribution >= 0.6 is 0 Å². The van der Waals surface area contributed by atoms with Crippen LogP contribution in [-0.4, -0.2) is 36.8 Å². The first kappa shape index (κ1) is 17.3. The second-order valence-electron chi connectivity index (χ2n) is 6.99. The van der Waals surface area contributed by atoms with Gasteiger partial charge in [-0.2, -0.15) is 5.10 Å².